The van der Waals surface area contributed by atoms with E-state index in [0.29, 0.717) is 0 Å². The van der Waals surface area contributed by atoms with Crippen molar-refractivity contribution >= 4 is 12.6 Å². The smallest absolute Gasteiger partial charge is 0.0190 e. The second-order valence-electron chi connectivity index (χ2n) is 4.33. The Labute approximate surface area is 101 Å². The van der Waals surface area contributed by atoms with Gasteiger partial charge in [-0.3, -0.25) is 0 Å². The van der Waals surface area contributed by atoms with Crippen molar-refractivity contribution in [1.29, 1.82) is 0 Å². The van der Waals surface area contributed by atoms with Crippen LogP contribution in [0.5, 0.6) is 0 Å². The molecular formula is C14H26S. The summed E-state index contributed by atoms with van der Waals surface area (Å²) in [5.41, 5.74) is 1.36. The first kappa shape index (κ1) is 14.8. The lowest BCUT2D eigenvalue weighted by molar-refractivity contribution is 0.602. The molecule has 0 atom stereocenters. The largest absolute Gasteiger partial charge is 0.148 e. The van der Waals surface area contributed by atoms with Crippen molar-refractivity contribution in [1.82, 2.24) is 0 Å². The molecule has 0 saturated carbocycles. The Kier molecular flexibility index (Phi) is 10.2. The molecule has 0 aromatic rings. The molecule has 15 heavy (non-hydrogen) atoms. The van der Waals surface area contributed by atoms with Gasteiger partial charge in [-0.2, -0.15) is 0 Å². The molecule has 0 heterocycles. The van der Waals surface area contributed by atoms with Crippen LogP contribution in [0, 0.1) is 0 Å². The molecule has 0 radical (unpaired) electrons. The highest BCUT2D eigenvalue weighted by Gasteiger charge is 1.96. The second kappa shape index (κ2) is 10.4. The molecule has 88 valence electrons. The van der Waals surface area contributed by atoms with E-state index in [4.69, 9.17) is 0 Å². The van der Waals surface area contributed by atoms with Crippen LogP contribution in [0.25, 0.3) is 0 Å². The van der Waals surface area contributed by atoms with E-state index in [9.17, 15) is 0 Å². The van der Waals surface area contributed by atoms with E-state index in [1.165, 1.54) is 50.5 Å². The molecule has 0 aliphatic carbocycles. The van der Waals surface area contributed by atoms with Gasteiger partial charge in [-0.1, -0.05) is 57.8 Å². The van der Waals surface area contributed by atoms with Crippen molar-refractivity contribution in [2.45, 2.75) is 64.7 Å². The molecule has 0 fully saturated rings. The summed E-state index contributed by atoms with van der Waals surface area (Å²) in [6.07, 6.45) is 11.4. The van der Waals surface area contributed by atoms with Crippen LogP contribution in [-0.2, 0) is 0 Å². The van der Waals surface area contributed by atoms with Gasteiger partial charge in [0, 0.05) is 0 Å². The van der Waals surface area contributed by atoms with E-state index in [2.05, 4.69) is 32.7 Å². The Morgan fingerprint density at radius 1 is 0.867 bits per heavy atom. The lowest BCUT2D eigenvalue weighted by Crippen LogP contribution is -1.85. The van der Waals surface area contributed by atoms with Gasteiger partial charge in [0.05, 0.1) is 0 Å². The van der Waals surface area contributed by atoms with Crippen molar-refractivity contribution in [3.8, 4) is 0 Å². The molecule has 0 saturated heterocycles. The van der Waals surface area contributed by atoms with Gasteiger partial charge in [0.1, 0.15) is 0 Å². The van der Waals surface area contributed by atoms with Gasteiger partial charge in [0.2, 0.25) is 0 Å². The van der Waals surface area contributed by atoms with E-state index in [0.717, 1.165) is 17.7 Å². The van der Waals surface area contributed by atoms with Gasteiger partial charge in [0.25, 0.3) is 0 Å². The molecule has 0 unspecified atom stereocenters. The summed E-state index contributed by atoms with van der Waals surface area (Å²) in [5, 5.41) is 0. The van der Waals surface area contributed by atoms with E-state index >= 15 is 0 Å². The molecule has 0 amide bonds. The Balaban J connectivity index is 3.20. The molecule has 0 bridgehead atoms. The Morgan fingerprint density at radius 3 is 2.07 bits per heavy atom. The Bertz CT molecular complexity index is 182. The van der Waals surface area contributed by atoms with Crippen molar-refractivity contribution in [2.75, 3.05) is 0 Å². The van der Waals surface area contributed by atoms with E-state index in [-0.39, 0.29) is 0 Å². The Morgan fingerprint density at radius 2 is 1.47 bits per heavy atom. The number of unbranched alkanes of at least 4 members (excludes halogenated alkanes) is 5. The number of allylic oxidation sites excluding steroid dienone is 2. The maximum atomic E-state index is 4.19. The minimum Gasteiger partial charge on any atom is -0.148 e. The molecule has 0 nitrogen and oxygen atoms in total. The van der Waals surface area contributed by atoms with Gasteiger partial charge in [-0.15, -0.1) is 12.6 Å². The summed E-state index contributed by atoms with van der Waals surface area (Å²) in [6.45, 7) is 10.1. The zero-order valence-electron chi connectivity index (χ0n) is 10.2. The minimum absolute atomic E-state index is 0.971. The molecule has 0 aromatic carbocycles. The first-order valence-electron chi connectivity index (χ1n) is 6.20. The predicted octanol–water partition coefficient (Wildman–Crippen LogP) is 5.52. The van der Waals surface area contributed by atoms with Crippen LogP contribution in [0.3, 0.4) is 0 Å². The van der Waals surface area contributed by atoms with Crippen LogP contribution in [0.2, 0.25) is 0 Å². The van der Waals surface area contributed by atoms with E-state index in [1.54, 1.807) is 0 Å². The number of thiol groups is 1. The molecule has 0 rings (SSSR count). The van der Waals surface area contributed by atoms with Crippen molar-refractivity contribution < 1.29 is 0 Å². The summed E-state index contributed by atoms with van der Waals surface area (Å²) >= 11 is 4.19. The highest BCUT2D eigenvalue weighted by Crippen LogP contribution is 2.17. The molecule has 1 heteroatoms. The summed E-state index contributed by atoms with van der Waals surface area (Å²) in [6, 6.07) is 0. The van der Waals surface area contributed by atoms with Crippen LogP contribution >= 0.6 is 12.6 Å². The monoisotopic (exact) mass is 226 g/mol. The highest BCUT2D eigenvalue weighted by molar-refractivity contribution is 7.84. The first-order chi connectivity index (χ1) is 7.16. The van der Waals surface area contributed by atoms with Crippen LogP contribution in [-0.4, -0.2) is 0 Å². The van der Waals surface area contributed by atoms with Crippen LogP contribution in [0.4, 0.5) is 0 Å². The van der Waals surface area contributed by atoms with Gasteiger partial charge in [-0.25, -0.2) is 0 Å². The maximum Gasteiger partial charge on any atom is -0.0190 e. The van der Waals surface area contributed by atoms with Gasteiger partial charge in [0.15, 0.2) is 0 Å². The average Bonchev–Trinajstić information content (AvgIpc) is 2.20. The van der Waals surface area contributed by atoms with Crippen molar-refractivity contribution in [3.63, 3.8) is 0 Å². The highest BCUT2D eigenvalue weighted by atomic mass is 32.1. The fourth-order valence-corrected chi connectivity index (χ4v) is 1.71. The minimum atomic E-state index is 0.971. The number of rotatable bonds is 10. The van der Waals surface area contributed by atoms with Gasteiger partial charge < -0.3 is 0 Å². The maximum absolute atomic E-state index is 4.19. The lowest BCUT2D eigenvalue weighted by Gasteiger charge is -2.05. The topological polar surface area (TPSA) is 0 Å². The number of hydrogen-bond donors (Lipinski definition) is 1. The predicted molar refractivity (Wildman–Crippen MR) is 74.5 cm³/mol. The second-order valence-corrected chi connectivity index (χ2v) is 4.97. The quantitative estimate of drug-likeness (QED) is 0.283. The molecule has 0 spiro atoms. The Hall–Kier alpha value is -0.170. The van der Waals surface area contributed by atoms with Gasteiger partial charge >= 0.3 is 0 Å². The summed E-state index contributed by atoms with van der Waals surface area (Å²) < 4.78 is 0. The third kappa shape index (κ3) is 11.8. The van der Waals surface area contributed by atoms with Crippen molar-refractivity contribution in [2.24, 2.45) is 0 Å². The molecule has 0 N–H and O–H groups in total. The molecule has 0 aromatic heterocycles. The fourth-order valence-electron chi connectivity index (χ4n) is 1.60. The lowest BCUT2D eigenvalue weighted by atomic mass is 10.0. The van der Waals surface area contributed by atoms with Crippen LogP contribution < -0.4 is 0 Å². The first-order valence-corrected chi connectivity index (χ1v) is 6.65. The molecular weight excluding hydrogens is 200 g/mol. The third-order valence-corrected chi connectivity index (χ3v) is 2.87. The van der Waals surface area contributed by atoms with Crippen LogP contribution in [0.1, 0.15) is 64.7 Å². The normalized spacial score (nSPS) is 10.3. The van der Waals surface area contributed by atoms with Crippen LogP contribution in [0.15, 0.2) is 23.6 Å². The zero-order valence-corrected chi connectivity index (χ0v) is 11.1. The van der Waals surface area contributed by atoms with E-state index < -0.39 is 0 Å². The van der Waals surface area contributed by atoms with E-state index in [1.807, 2.05) is 0 Å². The summed E-state index contributed by atoms with van der Waals surface area (Å²) in [5.74, 6) is 0. The number of hydrogen-bond acceptors (Lipinski definition) is 1. The van der Waals surface area contributed by atoms with Crippen molar-refractivity contribution in [3.05, 3.63) is 23.6 Å². The zero-order chi connectivity index (χ0) is 11.5. The SMILES string of the molecule is C=C(S)CCC(=C)CCCCCCCC. The third-order valence-electron chi connectivity index (χ3n) is 2.65. The average molecular weight is 226 g/mol. The fraction of sp³-hybridized carbons (Fsp3) is 0.714. The molecule has 0 aliphatic heterocycles. The van der Waals surface area contributed by atoms with Gasteiger partial charge in [-0.05, 0) is 30.6 Å². The molecule has 0 aliphatic rings. The summed E-state index contributed by atoms with van der Waals surface area (Å²) in [4.78, 5) is 0.971. The summed E-state index contributed by atoms with van der Waals surface area (Å²) in [7, 11) is 0. The standard InChI is InChI=1S/C14H26S/c1-4-5-6-7-8-9-10-13(2)11-12-14(3)15/h15H,2-12H2,1H3.